The van der Waals surface area contributed by atoms with Crippen molar-refractivity contribution in [1.82, 2.24) is 15.7 Å². The monoisotopic (exact) mass is 480 g/mol. The molecular formula is C27H36N4O4. The minimum Gasteiger partial charge on any atom is -0.351 e. The van der Waals surface area contributed by atoms with E-state index >= 15 is 0 Å². The highest BCUT2D eigenvalue weighted by Gasteiger charge is 2.42. The Morgan fingerprint density at radius 1 is 1.06 bits per heavy atom. The van der Waals surface area contributed by atoms with Gasteiger partial charge in [-0.05, 0) is 61.9 Å². The summed E-state index contributed by atoms with van der Waals surface area (Å²) in [5.74, 6) is -0.660. The van der Waals surface area contributed by atoms with E-state index in [9.17, 15) is 14.4 Å². The molecule has 0 aliphatic carbocycles. The van der Waals surface area contributed by atoms with E-state index in [0.29, 0.717) is 38.0 Å². The lowest BCUT2D eigenvalue weighted by atomic mass is 9.78. The molecule has 0 saturated carbocycles. The zero-order chi connectivity index (χ0) is 25.4. The lowest BCUT2D eigenvalue weighted by Crippen LogP contribution is -2.53. The Morgan fingerprint density at radius 2 is 1.74 bits per heavy atom. The van der Waals surface area contributed by atoms with Crippen LogP contribution < -0.4 is 16.5 Å². The summed E-state index contributed by atoms with van der Waals surface area (Å²) in [4.78, 5) is 45.2. The van der Waals surface area contributed by atoms with Crippen molar-refractivity contribution in [3.63, 3.8) is 0 Å². The van der Waals surface area contributed by atoms with Crippen molar-refractivity contribution in [2.75, 3.05) is 26.2 Å². The number of amides is 3. The SMILES string of the molecule is CCc1ccc(C(=O)NOCC2(C(=O)NCc3ccc(C)cc3C)CCN(C(=O)CN)CC2)cc1. The van der Waals surface area contributed by atoms with Gasteiger partial charge in [0.2, 0.25) is 11.8 Å². The van der Waals surface area contributed by atoms with E-state index in [0.717, 1.165) is 23.1 Å². The first-order valence-electron chi connectivity index (χ1n) is 12.1. The summed E-state index contributed by atoms with van der Waals surface area (Å²) in [6.07, 6.45) is 1.72. The first-order chi connectivity index (χ1) is 16.8. The molecule has 1 aliphatic rings. The second-order valence-corrected chi connectivity index (χ2v) is 9.25. The predicted octanol–water partition coefficient (Wildman–Crippen LogP) is 2.41. The number of rotatable bonds is 9. The minimum atomic E-state index is -0.872. The largest absolute Gasteiger partial charge is 0.351 e. The maximum atomic E-state index is 13.4. The molecule has 0 radical (unpaired) electrons. The average molecular weight is 481 g/mol. The predicted molar refractivity (Wildman–Crippen MR) is 134 cm³/mol. The molecule has 2 aromatic carbocycles. The number of piperidine rings is 1. The Bertz CT molecular complexity index is 1040. The first-order valence-corrected chi connectivity index (χ1v) is 12.1. The Hall–Kier alpha value is -3.23. The third-order valence-electron chi connectivity index (χ3n) is 6.80. The molecule has 2 aromatic rings. The van der Waals surface area contributed by atoms with Crippen molar-refractivity contribution in [3.8, 4) is 0 Å². The van der Waals surface area contributed by atoms with Crippen LogP contribution in [0, 0.1) is 19.3 Å². The van der Waals surface area contributed by atoms with Gasteiger partial charge in [0.25, 0.3) is 5.91 Å². The molecule has 188 valence electrons. The number of likely N-dealkylation sites (tertiary alicyclic amines) is 1. The summed E-state index contributed by atoms with van der Waals surface area (Å²) >= 11 is 0. The van der Waals surface area contributed by atoms with Gasteiger partial charge in [0.15, 0.2) is 0 Å². The van der Waals surface area contributed by atoms with Gasteiger partial charge in [0, 0.05) is 25.2 Å². The van der Waals surface area contributed by atoms with Crippen LogP contribution in [-0.4, -0.2) is 48.9 Å². The van der Waals surface area contributed by atoms with Crippen molar-refractivity contribution in [1.29, 1.82) is 0 Å². The van der Waals surface area contributed by atoms with Gasteiger partial charge in [-0.1, -0.05) is 42.8 Å². The zero-order valence-corrected chi connectivity index (χ0v) is 20.9. The highest BCUT2D eigenvalue weighted by Crippen LogP contribution is 2.32. The number of hydrogen-bond donors (Lipinski definition) is 3. The number of nitrogens with one attached hydrogen (secondary N) is 2. The summed E-state index contributed by atoms with van der Waals surface area (Å²) < 4.78 is 0. The second-order valence-electron chi connectivity index (χ2n) is 9.25. The first kappa shape index (κ1) is 26.4. The van der Waals surface area contributed by atoms with Crippen LogP contribution in [0.4, 0.5) is 0 Å². The third kappa shape index (κ3) is 6.68. The van der Waals surface area contributed by atoms with Gasteiger partial charge in [-0.25, -0.2) is 5.48 Å². The number of benzene rings is 2. The lowest BCUT2D eigenvalue weighted by Gasteiger charge is -2.40. The van der Waals surface area contributed by atoms with Crippen LogP contribution in [0.25, 0.3) is 0 Å². The molecule has 1 fully saturated rings. The summed E-state index contributed by atoms with van der Waals surface area (Å²) in [7, 11) is 0. The Kier molecular flexibility index (Phi) is 9.01. The number of hydrogen-bond acceptors (Lipinski definition) is 5. The standard InChI is InChI=1S/C27H36N4O4/c1-4-21-6-9-22(10-7-21)25(33)30-35-18-27(11-13-31(14-12-27)24(32)16-28)26(34)29-17-23-8-5-19(2)15-20(23)3/h5-10,15H,4,11-14,16-18,28H2,1-3H3,(H,29,34)(H,30,33). The van der Waals surface area contributed by atoms with Crippen molar-refractivity contribution in [3.05, 3.63) is 70.3 Å². The average Bonchev–Trinajstić information content (AvgIpc) is 2.87. The minimum absolute atomic E-state index is 0.00908. The van der Waals surface area contributed by atoms with Crippen molar-refractivity contribution < 1.29 is 19.2 Å². The van der Waals surface area contributed by atoms with Crippen molar-refractivity contribution in [2.45, 2.75) is 46.6 Å². The van der Waals surface area contributed by atoms with E-state index in [-0.39, 0.29) is 30.9 Å². The summed E-state index contributed by atoms with van der Waals surface area (Å²) in [5.41, 5.74) is 12.1. The molecule has 0 aromatic heterocycles. The van der Waals surface area contributed by atoms with Crippen LogP contribution in [0.2, 0.25) is 0 Å². The van der Waals surface area contributed by atoms with Crippen molar-refractivity contribution in [2.24, 2.45) is 11.1 Å². The molecule has 0 atom stereocenters. The fourth-order valence-electron chi connectivity index (χ4n) is 4.35. The van der Waals surface area contributed by atoms with Crippen molar-refractivity contribution >= 4 is 17.7 Å². The molecule has 1 aliphatic heterocycles. The van der Waals surface area contributed by atoms with Gasteiger partial charge < -0.3 is 16.0 Å². The maximum Gasteiger partial charge on any atom is 0.274 e. The van der Waals surface area contributed by atoms with Crippen LogP contribution in [0.5, 0.6) is 0 Å². The molecule has 0 spiro atoms. The lowest BCUT2D eigenvalue weighted by molar-refractivity contribution is -0.145. The quantitative estimate of drug-likeness (QED) is 0.477. The van der Waals surface area contributed by atoms with Gasteiger partial charge in [0.1, 0.15) is 0 Å². The number of nitrogens with zero attached hydrogens (tertiary/aromatic N) is 1. The number of carbonyl (C=O) groups is 3. The van der Waals surface area contributed by atoms with Gasteiger partial charge in [0.05, 0.1) is 18.6 Å². The number of aryl methyl sites for hydroxylation is 3. The summed E-state index contributed by atoms with van der Waals surface area (Å²) in [6, 6.07) is 13.4. The van der Waals surface area contributed by atoms with Gasteiger partial charge >= 0.3 is 0 Å². The fourth-order valence-corrected chi connectivity index (χ4v) is 4.35. The van der Waals surface area contributed by atoms with Crippen LogP contribution in [-0.2, 0) is 27.4 Å². The zero-order valence-electron chi connectivity index (χ0n) is 20.9. The Balaban J connectivity index is 1.66. The molecular weight excluding hydrogens is 444 g/mol. The molecule has 1 saturated heterocycles. The van der Waals surface area contributed by atoms with E-state index in [4.69, 9.17) is 10.6 Å². The molecule has 3 rings (SSSR count). The van der Waals surface area contributed by atoms with Crippen LogP contribution in [0.15, 0.2) is 42.5 Å². The smallest absolute Gasteiger partial charge is 0.274 e. The Labute approximate surface area is 207 Å². The molecule has 0 unspecified atom stereocenters. The number of nitrogens with two attached hydrogens (primary N) is 1. The number of carbonyl (C=O) groups excluding carboxylic acids is 3. The maximum absolute atomic E-state index is 13.4. The highest BCUT2D eigenvalue weighted by atomic mass is 16.7. The van der Waals surface area contributed by atoms with Gasteiger partial charge in [-0.15, -0.1) is 0 Å². The molecule has 4 N–H and O–H groups in total. The molecule has 0 bridgehead atoms. The molecule has 8 heteroatoms. The summed E-state index contributed by atoms with van der Waals surface area (Å²) in [5, 5.41) is 3.05. The fraction of sp³-hybridized carbons (Fsp3) is 0.444. The molecule has 8 nitrogen and oxygen atoms in total. The van der Waals surface area contributed by atoms with E-state index < -0.39 is 5.41 Å². The third-order valence-corrected chi connectivity index (χ3v) is 6.80. The van der Waals surface area contributed by atoms with Crippen LogP contribution >= 0.6 is 0 Å². The Morgan fingerprint density at radius 3 is 2.34 bits per heavy atom. The number of hydroxylamine groups is 1. The van der Waals surface area contributed by atoms with E-state index in [1.165, 1.54) is 5.56 Å². The molecule has 3 amide bonds. The molecule has 1 heterocycles. The second kappa shape index (κ2) is 12.0. The van der Waals surface area contributed by atoms with Crippen LogP contribution in [0.1, 0.15) is 52.4 Å². The van der Waals surface area contributed by atoms with Crippen LogP contribution in [0.3, 0.4) is 0 Å². The van der Waals surface area contributed by atoms with E-state index in [1.54, 1.807) is 17.0 Å². The summed E-state index contributed by atoms with van der Waals surface area (Å²) in [6.45, 7) is 7.26. The van der Waals surface area contributed by atoms with Gasteiger partial charge in [-0.2, -0.15) is 0 Å². The van der Waals surface area contributed by atoms with E-state index in [1.807, 2.05) is 38.1 Å². The molecule has 35 heavy (non-hydrogen) atoms. The highest BCUT2D eigenvalue weighted by molar-refractivity contribution is 5.93. The van der Waals surface area contributed by atoms with Gasteiger partial charge in [-0.3, -0.25) is 19.2 Å². The normalized spacial score (nSPS) is 14.9. The topological polar surface area (TPSA) is 114 Å². The van der Waals surface area contributed by atoms with E-state index in [2.05, 4.69) is 23.8 Å².